The van der Waals surface area contributed by atoms with Crippen molar-refractivity contribution in [1.82, 2.24) is 4.90 Å². The van der Waals surface area contributed by atoms with Crippen molar-refractivity contribution in [3.8, 4) is 5.75 Å². The van der Waals surface area contributed by atoms with E-state index < -0.39 is 35.7 Å². The second-order valence-electron chi connectivity index (χ2n) is 9.97. The van der Waals surface area contributed by atoms with Gasteiger partial charge in [-0.15, -0.1) is 0 Å². The lowest BCUT2D eigenvalue weighted by atomic mass is 10.0. The molecule has 2 N–H and O–H groups in total. The van der Waals surface area contributed by atoms with E-state index >= 15 is 0 Å². The third kappa shape index (κ3) is 10.0. The van der Waals surface area contributed by atoms with Gasteiger partial charge in [-0.1, -0.05) is 36.4 Å². The highest BCUT2D eigenvalue weighted by molar-refractivity contribution is 5.30. The van der Waals surface area contributed by atoms with Crippen LogP contribution in [-0.2, 0) is 23.5 Å². The Morgan fingerprint density at radius 1 is 0.738 bits per heavy atom. The van der Waals surface area contributed by atoms with Gasteiger partial charge >= 0.3 is 12.4 Å². The number of alkyl halides is 6. The van der Waals surface area contributed by atoms with E-state index in [4.69, 9.17) is 9.47 Å². The van der Waals surface area contributed by atoms with Crippen molar-refractivity contribution in [1.29, 1.82) is 0 Å². The van der Waals surface area contributed by atoms with Crippen molar-refractivity contribution in [3.63, 3.8) is 0 Å². The van der Waals surface area contributed by atoms with Gasteiger partial charge in [-0.2, -0.15) is 26.3 Å². The molecule has 11 heteroatoms. The number of rotatable bonds is 14. The Morgan fingerprint density at radius 2 is 1.24 bits per heavy atom. The summed E-state index contributed by atoms with van der Waals surface area (Å²) in [6.45, 7) is 4.78. The first-order valence-electron chi connectivity index (χ1n) is 13.5. The van der Waals surface area contributed by atoms with Crippen LogP contribution in [0.5, 0.6) is 5.75 Å². The van der Waals surface area contributed by atoms with Gasteiger partial charge in [-0.05, 0) is 73.4 Å². The summed E-state index contributed by atoms with van der Waals surface area (Å²) in [5.74, 6) is 0.642. The maximum absolute atomic E-state index is 13.3. The molecular weight excluding hydrogens is 564 g/mol. The minimum absolute atomic E-state index is 0.0316. The van der Waals surface area contributed by atoms with Crippen molar-refractivity contribution < 1.29 is 46.0 Å². The van der Waals surface area contributed by atoms with Crippen LogP contribution in [0.4, 0.5) is 26.3 Å². The zero-order valence-corrected chi connectivity index (χ0v) is 23.3. The lowest BCUT2D eigenvalue weighted by molar-refractivity contribution is -0.138. The Bertz CT molecular complexity index is 1180. The fraction of sp³-hybridized carbons (Fsp3) is 0.419. The van der Waals surface area contributed by atoms with Crippen LogP contribution in [0.3, 0.4) is 0 Å². The van der Waals surface area contributed by atoms with Crippen molar-refractivity contribution in [2.24, 2.45) is 0 Å². The molecule has 5 nitrogen and oxygen atoms in total. The number of aliphatic hydroxyl groups is 2. The van der Waals surface area contributed by atoms with Crippen molar-refractivity contribution in [3.05, 3.63) is 101 Å². The first-order valence-corrected chi connectivity index (χ1v) is 13.5. The van der Waals surface area contributed by atoms with E-state index in [1.54, 1.807) is 17.0 Å². The summed E-state index contributed by atoms with van der Waals surface area (Å²) in [6.07, 6.45) is -11.5. The highest BCUT2D eigenvalue weighted by Gasteiger charge is 2.32. The molecule has 0 spiro atoms. The highest BCUT2D eigenvalue weighted by Crippen LogP contribution is 2.33. The molecule has 0 bridgehead atoms. The van der Waals surface area contributed by atoms with Crippen LogP contribution in [0.15, 0.2) is 72.8 Å². The number of hydrogen-bond donors (Lipinski definition) is 2. The summed E-state index contributed by atoms with van der Waals surface area (Å²) in [5.41, 5.74) is -0.877. The number of ether oxygens (including phenoxy) is 2. The van der Waals surface area contributed by atoms with Crippen LogP contribution in [0.25, 0.3) is 0 Å². The van der Waals surface area contributed by atoms with E-state index in [2.05, 4.69) is 0 Å². The first-order chi connectivity index (χ1) is 19.8. The van der Waals surface area contributed by atoms with Gasteiger partial charge in [-0.25, -0.2) is 0 Å². The molecule has 0 saturated heterocycles. The average molecular weight is 600 g/mol. The van der Waals surface area contributed by atoms with Crippen LogP contribution < -0.4 is 4.74 Å². The zero-order valence-electron chi connectivity index (χ0n) is 23.3. The Labute approximate surface area is 241 Å². The summed E-state index contributed by atoms with van der Waals surface area (Å²) in [5, 5.41) is 21.8. The summed E-state index contributed by atoms with van der Waals surface area (Å²) < 4.78 is 90.4. The fourth-order valence-corrected chi connectivity index (χ4v) is 4.49. The lowest BCUT2D eigenvalue weighted by Gasteiger charge is -2.33. The fourth-order valence-electron chi connectivity index (χ4n) is 4.49. The van der Waals surface area contributed by atoms with Crippen molar-refractivity contribution in [2.75, 3.05) is 32.9 Å². The molecule has 3 aromatic rings. The topological polar surface area (TPSA) is 62.2 Å². The minimum Gasteiger partial charge on any atom is -0.491 e. The maximum atomic E-state index is 13.3. The van der Waals surface area contributed by atoms with Crippen molar-refractivity contribution in [2.45, 2.75) is 50.9 Å². The molecule has 0 aromatic heterocycles. The molecule has 0 aliphatic carbocycles. The highest BCUT2D eigenvalue weighted by atomic mass is 19.4. The van der Waals surface area contributed by atoms with Gasteiger partial charge < -0.3 is 19.7 Å². The third-order valence-corrected chi connectivity index (χ3v) is 6.79. The van der Waals surface area contributed by atoms with Gasteiger partial charge in [0.1, 0.15) is 12.4 Å². The van der Waals surface area contributed by atoms with Gasteiger partial charge in [0.05, 0.1) is 29.9 Å². The van der Waals surface area contributed by atoms with E-state index in [9.17, 15) is 36.6 Å². The van der Waals surface area contributed by atoms with Gasteiger partial charge in [0.2, 0.25) is 0 Å². The smallest absolute Gasteiger partial charge is 0.416 e. The summed E-state index contributed by atoms with van der Waals surface area (Å²) >= 11 is 0. The van der Waals surface area contributed by atoms with E-state index in [1.807, 2.05) is 26.0 Å². The Hall–Kier alpha value is -3.12. The largest absolute Gasteiger partial charge is 0.491 e. The second-order valence-corrected chi connectivity index (χ2v) is 9.97. The SMILES string of the molecule is CCOCCOc1ccc(C[C@@H](C)N(C[C@@H](O)c2cccc(C(F)(F)F)c2)C[C@@H](O)c2cccc(C(F)(F)F)c2)cc1. The van der Waals surface area contributed by atoms with Gasteiger partial charge in [-0.3, -0.25) is 4.90 Å². The molecule has 0 aliphatic rings. The van der Waals surface area contributed by atoms with Crippen molar-refractivity contribution >= 4 is 0 Å². The van der Waals surface area contributed by atoms with Crippen LogP contribution in [0.1, 0.15) is 53.9 Å². The molecular formula is C31H35F6NO4. The molecule has 0 saturated carbocycles. The number of hydrogen-bond acceptors (Lipinski definition) is 5. The summed E-state index contributed by atoms with van der Waals surface area (Å²) in [4.78, 5) is 1.66. The predicted molar refractivity (Wildman–Crippen MR) is 146 cm³/mol. The molecule has 0 unspecified atom stereocenters. The quantitative estimate of drug-likeness (QED) is 0.157. The maximum Gasteiger partial charge on any atom is 0.416 e. The molecule has 230 valence electrons. The Kier molecular flexibility index (Phi) is 11.8. The third-order valence-electron chi connectivity index (χ3n) is 6.79. The molecule has 0 aliphatic heterocycles. The van der Waals surface area contributed by atoms with Crippen LogP contribution in [-0.4, -0.2) is 54.1 Å². The first kappa shape index (κ1) is 33.4. The van der Waals surface area contributed by atoms with Crippen LogP contribution in [0.2, 0.25) is 0 Å². The monoisotopic (exact) mass is 599 g/mol. The van der Waals surface area contributed by atoms with Gasteiger partial charge in [0, 0.05) is 25.7 Å². The molecule has 3 aromatic carbocycles. The summed E-state index contributed by atoms with van der Waals surface area (Å²) in [6, 6.07) is 15.6. The van der Waals surface area contributed by atoms with Gasteiger partial charge in [0.25, 0.3) is 0 Å². The van der Waals surface area contributed by atoms with E-state index in [-0.39, 0.29) is 30.3 Å². The molecule has 42 heavy (non-hydrogen) atoms. The molecule has 0 radical (unpaired) electrons. The molecule has 0 heterocycles. The molecule has 3 atom stereocenters. The summed E-state index contributed by atoms with van der Waals surface area (Å²) in [7, 11) is 0. The standard InChI is InChI=1S/C31H35F6NO4/c1-3-41-14-15-42-27-12-10-22(11-13-27)16-21(2)38(19-28(39)23-6-4-8-25(17-23)30(32,33)34)20-29(40)24-7-5-9-26(18-24)31(35,36)37/h4-13,17-18,21,28-29,39-40H,3,14-16,19-20H2,1-2H3/t21-,28-,29-/m1/s1. The molecule has 3 rings (SSSR count). The van der Waals surface area contributed by atoms with Crippen LogP contribution in [0, 0.1) is 0 Å². The predicted octanol–water partition coefficient (Wildman–Crippen LogP) is 6.84. The average Bonchev–Trinajstić information content (AvgIpc) is 2.95. The Morgan fingerprint density at radius 3 is 1.69 bits per heavy atom. The number of nitrogens with zero attached hydrogens (tertiary/aromatic N) is 1. The van der Waals surface area contributed by atoms with E-state index in [0.717, 1.165) is 29.8 Å². The van der Waals surface area contributed by atoms with E-state index in [0.29, 0.717) is 32.0 Å². The molecule has 0 fully saturated rings. The molecule has 0 amide bonds. The zero-order chi connectivity index (χ0) is 30.9. The lowest BCUT2D eigenvalue weighted by Crippen LogP contribution is -2.40. The number of halogens is 6. The normalized spacial score (nSPS) is 14.5. The second kappa shape index (κ2) is 14.9. The number of aliphatic hydroxyl groups excluding tert-OH is 2. The Balaban J connectivity index is 1.79. The van der Waals surface area contributed by atoms with Crippen LogP contribution >= 0.6 is 0 Å². The van der Waals surface area contributed by atoms with Gasteiger partial charge in [0.15, 0.2) is 0 Å². The van der Waals surface area contributed by atoms with E-state index in [1.165, 1.54) is 24.3 Å². The number of benzene rings is 3. The minimum atomic E-state index is -4.60.